The van der Waals surface area contributed by atoms with Crippen LogP contribution in [0.25, 0.3) is 0 Å². The number of hydrogen-bond acceptors (Lipinski definition) is 4. The average molecular weight is 320 g/mol. The van der Waals surface area contributed by atoms with Crippen LogP contribution in [0, 0.1) is 5.92 Å². The molecule has 1 aromatic heterocycles. The van der Waals surface area contributed by atoms with E-state index in [0.29, 0.717) is 19.7 Å². The summed E-state index contributed by atoms with van der Waals surface area (Å²) in [5, 5.41) is 0. The number of fused-ring (bicyclic) bond motifs is 1. The van der Waals surface area contributed by atoms with Crippen LogP contribution in [0.15, 0.2) is 12.4 Å². The quantitative estimate of drug-likeness (QED) is 0.810. The van der Waals surface area contributed by atoms with Crippen LogP contribution in [0.2, 0.25) is 0 Å². The minimum absolute atomic E-state index is 0.0413. The molecule has 3 rings (SSSR count). The summed E-state index contributed by atoms with van der Waals surface area (Å²) in [6.07, 6.45) is 5.87. The van der Waals surface area contributed by atoms with Crippen molar-refractivity contribution in [1.29, 1.82) is 0 Å². The van der Waals surface area contributed by atoms with E-state index in [2.05, 4.69) is 9.55 Å². The first-order valence-corrected chi connectivity index (χ1v) is 8.24. The molecule has 126 valence electrons. The normalized spacial score (nSPS) is 21.2. The molecule has 0 spiro atoms. The van der Waals surface area contributed by atoms with Gasteiger partial charge in [0.15, 0.2) is 0 Å². The number of aromatic nitrogens is 2. The molecule has 0 radical (unpaired) electrons. The maximum absolute atomic E-state index is 12.0. The van der Waals surface area contributed by atoms with Gasteiger partial charge in [-0.05, 0) is 12.8 Å². The second-order valence-corrected chi connectivity index (χ2v) is 6.36. The number of likely N-dealkylation sites (tertiary alicyclic amines) is 1. The van der Waals surface area contributed by atoms with Crippen LogP contribution in [-0.4, -0.2) is 64.0 Å². The van der Waals surface area contributed by atoms with E-state index in [1.54, 1.807) is 18.0 Å². The monoisotopic (exact) mass is 320 g/mol. The molecule has 2 amide bonds. The number of ether oxygens (including phenoxy) is 1. The van der Waals surface area contributed by atoms with Crippen LogP contribution in [0.5, 0.6) is 0 Å². The van der Waals surface area contributed by atoms with E-state index in [-0.39, 0.29) is 24.3 Å². The van der Waals surface area contributed by atoms with Gasteiger partial charge in [-0.1, -0.05) is 0 Å². The van der Waals surface area contributed by atoms with Gasteiger partial charge in [0, 0.05) is 51.4 Å². The van der Waals surface area contributed by atoms with Gasteiger partial charge in [0.1, 0.15) is 12.4 Å². The lowest BCUT2D eigenvalue weighted by Crippen LogP contribution is -2.35. The lowest BCUT2D eigenvalue weighted by molar-refractivity contribution is -0.136. The molecule has 1 aromatic rings. The Morgan fingerprint density at radius 3 is 2.78 bits per heavy atom. The fourth-order valence-electron chi connectivity index (χ4n) is 3.26. The van der Waals surface area contributed by atoms with Gasteiger partial charge >= 0.3 is 0 Å². The molecule has 0 saturated carbocycles. The maximum atomic E-state index is 12.0. The molecule has 0 bridgehead atoms. The van der Waals surface area contributed by atoms with Crippen LogP contribution in [0.4, 0.5) is 0 Å². The van der Waals surface area contributed by atoms with Gasteiger partial charge in [-0.15, -0.1) is 0 Å². The van der Waals surface area contributed by atoms with E-state index in [9.17, 15) is 9.59 Å². The predicted molar refractivity (Wildman–Crippen MR) is 83.4 cm³/mol. The number of imidazole rings is 1. The second-order valence-electron chi connectivity index (χ2n) is 6.36. The van der Waals surface area contributed by atoms with Crippen molar-refractivity contribution >= 4 is 11.8 Å². The molecule has 7 heteroatoms. The minimum atomic E-state index is 0.0413. The largest absolute Gasteiger partial charge is 0.371 e. The Labute approximate surface area is 136 Å². The molecule has 7 nitrogen and oxygen atoms in total. The van der Waals surface area contributed by atoms with E-state index < -0.39 is 0 Å². The zero-order valence-electron chi connectivity index (χ0n) is 13.6. The van der Waals surface area contributed by atoms with Crippen molar-refractivity contribution in [1.82, 2.24) is 19.4 Å². The highest BCUT2D eigenvalue weighted by Gasteiger charge is 2.25. The van der Waals surface area contributed by atoms with Crippen molar-refractivity contribution in [3.63, 3.8) is 0 Å². The first-order chi connectivity index (χ1) is 11.1. The van der Waals surface area contributed by atoms with Crippen molar-refractivity contribution in [2.45, 2.75) is 32.9 Å². The molecule has 0 N–H and O–H groups in total. The van der Waals surface area contributed by atoms with E-state index in [1.165, 1.54) is 0 Å². The Morgan fingerprint density at radius 1 is 1.26 bits per heavy atom. The number of amides is 2. The highest BCUT2D eigenvalue weighted by atomic mass is 16.5. The zero-order valence-corrected chi connectivity index (χ0v) is 13.6. The maximum Gasteiger partial charge on any atom is 0.248 e. The van der Waals surface area contributed by atoms with Gasteiger partial charge in [0.25, 0.3) is 0 Å². The number of rotatable bonds is 4. The summed E-state index contributed by atoms with van der Waals surface area (Å²) in [4.78, 5) is 31.7. The average Bonchev–Trinajstić information content (AvgIpc) is 3.16. The third-order valence-electron chi connectivity index (χ3n) is 4.55. The fraction of sp³-hybridized carbons (Fsp3) is 0.688. The summed E-state index contributed by atoms with van der Waals surface area (Å²) in [6, 6.07) is 0. The summed E-state index contributed by atoms with van der Waals surface area (Å²) in [5.74, 6) is 1.18. The Balaban J connectivity index is 1.54. The van der Waals surface area contributed by atoms with Gasteiger partial charge < -0.3 is 19.1 Å². The SMILES string of the molecule is CC(=O)N1Cc2nccn2CC(COCC(=O)N2CCCC2)C1. The summed E-state index contributed by atoms with van der Waals surface area (Å²) in [6.45, 7) is 5.81. The topological polar surface area (TPSA) is 67.7 Å². The zero-order chi connectivity index (χ0) is 16.2. The van der Waals surface area contributed by atoms with Crippen LogP contribution in [0.1, 0.15) is 25.6 Å². The van der Waals surface area contributed by atoms with Gasteiger partial charge in [-0.2, -0.15) is 0 Å². The molecular weight excluding hydrogens is 296 g/mol. The molecular formula is C16H24N4O3. The Kier molecular flexibility index (Phi) is 4.95. The van der Waals surface area contributed by atoms with Gasteiger partial charge in [0.2, 0.25) is 11.8 Å². The first kappa shape index (κ1) is 16.0. The molecule has 2 aliphatic rings. The third kappa shape index (κ3) is 3.90. The lowest BCUT2D eigenvalue weighted by atomic mass is 10.1. The number of carbonyl (C=O) groups is 2. The number of carbonyl (C=O) groups excluding carboxylic acids is 2. The summed E-state index contributed by atoms with van der Waals surface area (Å²) in [7, 11) is 0. The number of hydrogen-bond donors (Lipinski definition) is 0. The molecule has 0 aromatic carbocycles. The highest BCUT2D eigenvalue weighted by Crippen LogP contribution is 2.16. The van der Waals surface area contributed by atoms with E-state index >= 15 is 0 Å². The molecule has 1 unspecified atom stereocenters. The van der Waals surface area contributed by atoms with Crippen LogP contribution in [-0.2, 0) is 27.4 Å². The molecule has 1 atom stereocenters. The fourth-order valence-corrected chi connectivity index (χ4v) is 3.26. The molecule has 1 saturated heterocycles. The van der Waals surface area contributed by atoms with Crippen LogP contribution in [0.3, 0.4) is 0 Å². The van der Waals surface area contributed by atoms with Crippen LogP contribution >= 0.6 is 0 Å². The standard InChI is InChI=1S/C16H24N4O3/c1-13(21)20-9-14(8-19-7-4-17-15(19)10-20)11-23-12-16(22)18-5-2-3-6-18/h4,7,14H,2-3,5-6,8-12H2,1H3. The van der Waals surface area contributed by atoms with Crippen molar-refractivity contribution in [3.05, 3.63) is 18.2 Å². The molecule has 0 aliphatic carbocycles. The third-order valence-corrected chi connectivity index (χ3v) is 4.55. The van der Waals surface area contributed by atoms with Gasteiger partial charge in [-0.25, -0.2) is 4.98 Å². The van der Waals surface area contributed by atoms with Gasteiger partial charge in [-0.3, -0.25) is 9.59 Å². The van der Waals surface area contributed by atoms with Crippen molar-refractivity contribution < 1.29 is 14.3 Å². The first-order valence-electron chi connectivity index (χ1n) is 8.24. The number of nitrogens with zero attached hydrogens (tertiary/aromatic N) is 4. The lowest BCUT2D eigenvalue weighted by Gasteiger charge is -2.23. The van der Waals surface area contributed by atoms with E-state index in [0.717, 1.165) is 38.3 Å². The second kappa shape index (κ2) is 7.12. The van der Waals surface area contributed by atoms with Crippen LogP contribution < -0.4 is 0 Å². The van der Waals surface area contributed by atoms with Crippen molar-refractivity contribution in [3.8, 4) is 0 Å². The summed E-state index contributed by atoms with van der Waals surface area (Å²) in [5.41, 5.74) is 0. The summed E-state index contributed by atoms with van der Waals surface area (Å²) >= 11 is 0. The van der Waals surface area contributed by atoms with Crippen molar-refractivity contribution in [2.24, 2.45) is 5.92 Å². The van der Waals surface area contributed by atoms with E-state index in [4.69, 9.17) is 4.74 Å². The smallest absolute Gasteiger partial charge is 0.248 e. The Morgan fingerprint density at radius 2 is 2.04 bits per heavy atom. The highest BCUT2D eigenvalue weighted by molar-refractivity contribution is 5.77. The Hall–Kier alpha value is -1.89. The van der Waals surface area contributed by atoms with E-state index in [1.807, 2.05) is 11.1 Å². The minimum Gasteiger partial charge on any atom is -0.371 e. The molecule has 3 heterocycles. The predicted octanol–water partition coefficient (Wildman–Crippen LogP) is 0.500. The van der Waals surface area contributed by atoms with Gasteiger partial charge in [0.05, 0.1) is 13.2 Å². The molecule has 2 aliphatic heterocycles. The summed E-state index contributed by atoms with van der Waals surface area (Å²) < 4.78 is 7.73. The van der Waals surface area contributed by atoms with Crippen molar-refractivity contribution in [2.75, 3.05) is 32.8 Å². The molecule has 1 fully saturated rings. The Bertz CT molecular complexity index is 565. The molecule has 23 heavy (non-hydrogen) atoms.